The van der Waals surface area contributed by atoms with Crippen LogP contribution in [-0.4, -0.2) is 54.1 Å². The highest BCUT2D eigenvalue weighted by molar-refractivity contribution is 7.99. The van der Waals surface area contributed by atoms with E-state index in [4.69, 9.17) is 4.74 Å². The fourth-order valence-corrected chi connectivity index (χ4v) is 4.07. The first-order valence-electron chi connectivity index (χ1n) is 6.38. The summed E-state index contributed by atoms with van der Waals surface area (Å²) < 4.78 is 4.83. The van der Waals surface area contributed by atoms with Crippen molar-refractivity contribution in [2.24, 2.45) is 0 Å². The van der Waals surface area contributed by atoms with Gasteiger partial charge in [0, 0.05) is 0 Å². The van der Waals surface area contributed by atoms with Crippen LogP contribution < -0.4 is 5.32 Å². The Morgan fingerprint density at radius 1 is 1.44 bits per heavy atom. The molecule has 0 aromatic carbocycles. The van der Waals surface area contributed by atoms with Gasteiger partial charge in [0.2, 0.25) is 5.91 Å². The third-order valence-electron chi connectivity index (χ3n) is 3.67. The summed E-state index contributed by atoms with van der Waals surface area (Å²) in [6.07, 6.45) is 3.48. The molecule has 5 nitrogen and oxygen atoms in total. The standard InChI is InChI=1S/C12H20N2O3S/c1-13-8-6-7-18-10-5-3-4-9(12(16)17-2)14(10)11(8)15/h8-10,13H,3-7H2,1-2H3/t8-,9-,10-/m0/s1. The number of nitrogens with one attached hydrogen (secondary N) is 1. The number of carbonyl (C=O) groups is 2. The van der Waals surface area contributed by atoms with Crippen molar-refractivity contribution in [3.63, 3.8) is 0 Å². The number of hydrogen-bond acceptors (Lipinski definition) is 5. The summed E-state index contributed by atoms with van der Waals surface area (Å²) in [5.74, 6) is 0.708. The second-order valence-electron chi connectivity index (χ2n) is 4.67. The number of piperidine rings is 1. The average Bonchev–Trinajstić information content (AvgIpc) is 2.57. The summed E-state index contributed by atoms with van der Waals surface area (Å²) in [7, 11) is 3.18. The molecule has 0 bridgehead atoms. The molecule has 2 rings (SSSR count). The minimum Gasteiger partial charge on any atom is -0.467 e. The molecule has 0 aromatic heterocycles. The lowest BCUT2D eigenvalue weighted by molar-refractivity contribution is -0.156. The van der Waals surface area contributed by atoms with E-state index >= 15 is 0 Å². The van der Waals surface area contributed by atoms with Crippen LogP contribution in [0.5, 0.6) is 0 Å². The van der Waals surface area contributed by atoms with Crippen molar-refractivity contribution < 1.29 is 14.3 Å². The van der Waals surface area contributed by atoms with Gasteiger partial charge in [-0.3, -0.25) is 4.79 Å². The van der Waals surface area contributed by atoms with Gasteiger partial charge in [0.15, 0.2) is 0 Å². The molecule has 2 saturated heterocycles. The van der Waals surface area contributed by atoms with Crippen molar-refractivity contribution in [3.05, 3.63) is 0 Å². The van der Waals surface area contributed by atoms with Gasteiger partial charge in [0.1, 0.15) is 6.04 Å². The number of methoxy groups -OCH3 is 1. The third-order valence-corrected chi connectivity index (χ3v) is 4.98. The van der Waals surface area contributed by atoms with Gasteiger partial charge in [-0.05, 0) is 38.5 Å². The van der Waals surface area contributed by atoms with Crippen LogP contribution in [0.25, 0.3) is 0 Å². The van der Waals surface area contributed by atoms with Gasteiger partial charge in [-0.2, -0.15) is 0 Å². The normalized spacial score (nSPS) is 32.7. The fraction of sp³-hybridized carbons (Fsp3) is 0.833. The second-order valence-corrected chi connectivity index (χ2v) is 5.96. The maximum Gasteiger partial charge on any atom is 0.328 e. The van der Waals surface area contributed by atoms with E-state index in [0.29, 0.717) is 6.42 Å². The number of likely N-dealkylation sites (N-methyl/N-ethyl adjacent to an activating group) is 1. The Morgan fingerprint density at radius 3 is 2.89 bits per heavy atom. The quantitative estimate of drug-likeness (QED) is 0.746. The Kier molecular flexibility index (Phi) is 4.50. The summed E-state index contributed by atoms with van der Waals surface area (Å²) in [6.45, 7) is 0. The van der Waals surface area contributed by atoms with Crippen molar-refractivity contribution in [3.8, 4) is 0 Å². The van der Waals surface area contributed by atoms with Gasteiger partial charge < -0.3 is 15.0 Å². The zero-order valence-corrected chi connectivity index (χ0v) is 11.7. The Morgan fingerprint density at radius 2 is 2.22 bits per heavy atom. The molecule has 6 heteroatoms. The van der Waals surface area contributed by atoms with Gasteiger partial charge in [0.05, 0.1) is 18.5 Å². The van der Waals surface area contributed by atoms with Gasteiger partial charge >= 0.3 is 5.97 Å². The molecule has 2 fully saturated rings. The molecule has 3 atom stereocenters. The SMILES string of the molecule is CN[C@H]1CCS[C@H]2CCC[C@@H](C(=O)OC)N2C1=O. The summed E-state index contributed by atoms with van der Waals surface area (Å²) in [5.41, 5.74) is 0. The highest BCUT2D eigenvalue weighted by Gasteiger charge is 2.42. The topological polar surface area (TPSA) is 58.6 Å². The van der Waals surface area contributed by atoms with E-state index in [1.165, 1.54) is 7.11 Å². The molecule has 1 N–H and O–H groups in total. The molecular weight excluding hydrogens is 252 g/mol. The first kappa shape index (κ1) is 13.7. The van der Waals surface area contributed by atoms with Crippen molar-refractivity contribution in [2.45, 2.75) is 43.1 Å². The highest BCUT2D eigenvalue weighted by Crippen LogP contribution is 2.34. The van der Waals surface area contributed by atoms with Crippen LogP contribution in [0.1, 0.15) is 25.7 Å². The number of hydrogen-bond donors (Lipinski definition) is 1. The number of fused-ring (bicyclic) bond motifs is 1. The lowest BCUT2D eigenvalue weighted by Gasteiger charge is -2.40. The third kappa shape index (κ3) is 2.49. The van der Waals surface area contributed by atoms with E-state index in [1.54, 1.807) is 23.7 Å². The van der Waals surface area contributed by atoms with E-state index in [-0.39, 0.29) is 23.3 Å². The van der Waals surface area contributed by atoms with Crippen LogP contribution in [0.2, 0.25) is 0 Å². The number of nitrogens with zero attached hydrogens (tertiary/aromatic N) is 1. The number of ether oxygens (including phenoxy) is 1. The van der Waals surface area contributed by atoms with Crippen molar-refractivity contribution >= 4 is 23.6 Å². The zero-order valence-electron chi connectivity index (χ0n) is 10.8. The van der Waals surface area contributed by atoms with Crippen LogP contribution in [-0.2, 0) is 14.3 Å². The van der Waals surface area contributed by atoms with E-state index in [2.05, 4.69) is 5.32 Å². The monoisotopic (exact) mass is 272 g/mol. The Bertz CT molecular complexity index is 337. The molecule has 18 heavy (non-hydrogen) atoms. The van der Waals surface area contributed by atoms with Crippen molar-refractivity contribution in [2.75, 3.05) is 19.9 Å². The van der Waals surface area contributed by atoms with Crippen molar-refractivity contribution in [1.29, 1.82) is 0 Å². The van der Waals surface area contributed by atoms with Crippen LogP contribution in [0.15, 0.2) is 0 Å². The maximum absolute atomic E-state index is 12.5. The summed E-state index contributed by atoms with van der Waals surface area (Å²) in [4.78, 5) is 26.1. The van der Waals surface area contributed by atoms with Gasteiger partial charge in [-0.25, -0.2) is 4.79 Å². The minimum atomic E-state index is -0.400. The molecule has 0 radical (unpaired) electrons. The molecule has 2 heterocycles. The predicted molar refractivity (Wildman–Crippen MR) is 70.2 cm³/mol. The lowest BCUT2D eigenvalue weighted by atomic mass is 10.0. The molecule has 2 aliphatic heterocycles. The second kappa shape index (κ2) is 5.93. The molecule has 2 aliphatic rings. The Balaban J connectivity index is 2.23. The van der Waals surface area contributed by atoms with E-state index in [9.17, 15) is 9.59 Å². The first-order chi connectivity index (χ1) is 8.69. The number of thioether (sulfide) groups is 1. The molecule has 1 amide bonds. The molecule has 102 valence electrons. The Labute approximate surface area is 112 Å². The number of esters is 1. The summed E-state index contributed by atoms with van der Waals surface area (Å²) in [5, 5.41) is 3.18. The number of amides is 1. The van der Waals surface area contributed by atoms with Gasteiger partial charge in [-0.1, -0.05) is 0 Å². The smallest absolute Gasteiger partial charge is 0.328 e. The van der Waals surface area contributed by atoms with Gasteiger partial charge in [-0.15, -0.1) is 11.8 Å². The van der Waals surface area contributed by atoms with E-state index in [0.717, 1.165) is 25.0 Å². The van der Waals surface area contributed by atoms with Crippen LogP contribution in [0.3, 0.4) is 0 Å². The first-order valence-corrected chi connectivity index (χ1v) is 7.42. The summed E-state index contributed by atoms with van der Waals surface area (Å²) in [6, 6.07) is -0.574. The van der Waals surface area contributed by atoms with Gasteiger partial charge in [0.25, 0.3) is 0 Å². The molecular formula is C12H20N2O3S. The average molecular weight is 272 g/mol. The zero-order chi connectivity index (χ0) is 13.1. The summed E-state index contributed by atoms with van der Waals surface area (Å²) >= 11 is 1.78. The van der Waals surface area contributed by atoms with Crippen LogP contribution >= 0.6 is 11.8 Å². The number of rotatable bonds is 2. The van der Waals surface area contributed by atoms with E-state index < -0.39 is 6.04 Å². The molecule has 0 saturated carbocycles. The van der Waals surface area contributed by atoms with E-state index in [1.807, 2.05) is 0 Å². The molecule has 0 unspecified atom stereocenters. The molecule has 0 aromatic rings. The van der Waals surface area contributed by atoms with Crippen molar-refractivity contribution in [1.82, 2.24) is 10.2 Å². The maximum atomic E-state index is 12.5. The lowest BCUT2D eigenvalue weighted by Crippen LogP contribution is -2.56. The fourth-order valence-electron chi connectivity index (χ4n) is 2.68. The van der Waals surface area contributed by atoms with Crippen LogP contribution in [0, 0.1) is 0 Å². The predicted octanol–water partition coefficient (Wildman–Crippen LogP) is 0.591. The molecule has 0 aliphatic carbocycles. The molecule has 0 spiro atoms. The minimum absolute atomic E-state index is 0.0441. The highest BCUT2D eigenvalue weighted by atomic mass is 32.2. The largest absolute Gasteiger partial charge is 0.467 e. The Hall–Kier alpha value is -0.750. The van der Waals surface area contributed by atoms with Crippen LogP contribution in [0.4, 0.5) is 0 Å². The number of carbonyl (C=O) groups excluding carboxylic acids is 2.